The van der Waals surface area contributed by atoms with Crippen LogP contribution < -0.4 is 20.1 Å². The first-order valence-corrected chi connectivity index (χ1v) is 8.87. The fraction of sp³-hybridized carbons (Fsp3) is 0.263. The number of ether oxygens (including phenoxy) is 2. The molecule has 28 heavy (non-hydrogen) atoms. The van der Waals surface area contributed by atoms with Crippen molar-refractivity contribution in [3.63, 3.8) is 0 Å². The summed E-state index contributed by atoms with van der Waals surface area (Å²) in [6.07, 6.45) is 0. The van der Waals surface area contributed by atoms with Crippen molar-refractivity contribution < 1.29 is 19.2 Å². The van der Waals surface area contributed by atoms with Gasteiger partial charge < -0.3 is 14.8 Å². The van der Waals surface area contributed by atoms with Crippen LogP contribution in [0.25, 0.3) is 0 Å². The number of non-ortho nitro benzene ring substituents is 1. The topological polar surface area (TPSA) is 103 Å². The molecule has 148 valence electrons. The molecule has 2 aromatic carbocycles. The predicted molar refractivity (Wildman–Crippen MR) is 110 cm³/mol. The van der Waals surface area contributed by atoms with Crippen LogP contribution in [0.2, 0.25) is 0 Å². The monoisotopic (exact) mass is 403 g/mol. The molecule has 2 N–H and O–H groups in total. The molecule has 8 nitrogen and oxygen atoms in total. The average molecular weight is 403 g/mol. The lowest BCUT2D eigenvalue weighted by Gasteiger charge is -2.15. The molecular weight excluding hydrogens is 382 g/mol. The lowest BCUT2D eigenvalue weighted by Crippen LogP contribution is -2.37. The summed E-state index contributed by atoms with van der Waals surface area (Å²) in [5.41, 5.74) is 1.28. The number of nitrogens with zero attached hydrogens (tertiary/aromatic N) is 1. The summed E-state index contributed by atoms with van der Waals surface area (Å²) >= 11 is 5.11. The van der Waals surface area contributed by atoms with E-state index in [1.54, 1.807) is 6.07 Å². The molecule has 0 unspecified atom stereocenters. The summed E-state index contributed by atoms with van der Waals surface area (Å²) in [6.45, 7) is 3.88. The van der Waals surface area contributed by atoms with E-state index in [1.807, 2.05) is 32.0 Å². The van der Waals surface area contributed by atoms with Gasteiger partial charge in [-0.05, 0) is 35.8 Å². The largest absolute Gasteiger partial charge is 0.494 e. The fourth-order valence-electron chi connectivity index (χ4n) is 2.45. The Morgan fingerprint density at radius 1 is 1.21 bits per heavy atom. The first-order valence-electron chi connectivity index (χ1n) is 8.46. The molecule has 0 aliphatic rings. The Morgan fingerprint density at radius 3 is 2.57 bits per heavy atom. The first kappa shape index (κ1) is 21.1. The number of anilines is 1. The quantitative estimate of drug-likeness (QED) is 0.413. The highest BCUT2D eigenvalue weighted by molar-refractivity contribution is 7.80. The van der Waals surface area contributed by atoms with E-state index in [9.17, 15) is 14.9 Å². The van der Waals surface area contributed by atoms with E-state index >= 15 is 0 Å². The molecule has 0 bridgehead atoms. The smallest absolute Gasteiger partial charge is 0.273 e. The van der Waals surface area contributed by atoms with E-state index < -0.39 is 10.8 Å². The summed E-state index contributed by atoms with van der Waals surface area (Å²) in [4.78, 5) is 22.4. The van der Waals surface area contributed by atoms with Crippen molar-refractivity contribution in [1.82, 2.24) is 5.32 Å². The van der Waals surface area contributed by atoms with Gasteiger partial charge in [0.15, 0.2) is 11.7 Å². The van der Waals surface area contributed by atoms with Crippen LogP contribution in [-0.2, 0) is 4.79 Å². The molecule has 0 aromatic heterocycles. The number of benzene rings is 2. The first-order chi connectivity index (χ1) is 13.3. The molecule has 0 aliphatic heterocycles. The van der Waals surface area contributed by atoms with E-state index in [2.05, 4.69) is 10.6 Å². The Balaban J connectivity index is 1.95. The predicted octanol–water partition coefficient (Wildman–Crippen LogP) is 3.62. The zero-order valence-electron chi connectivity index (χ0n) is 15.7. The van der Waals surface area contributed by atoms with Gasteiger partial charge in [0.05, 0.1) is 23.8 Å². The van der Waals surface area contributed by atoms with Crippen molar-refractivity contribution in [2.24, 2.45) is 0 Å². The third-order valence-electron chi connectivity index (χ3n) is 3.80. The second-order valence-corrected chi connectivity index (χ2v) is 6.53. The SMILES string of the molecule is COc1cc([N+](=O)[O-])ccc1NC(=S)NC(=O)COc1ccccc1C(C)C. The summed E-state index contributed by atoms with van der Waals surface area (Å²) in [6, 6.07) is 11.5. The number of hydrogen-bond acceptors (Lipinski definition) is 6. The number of nitrogens with one attached hydrogen (secondary N) is 2. The maximum absolute atomic E-state index is 12.1. The number of methoxy groups -OCH3 is 1. The van der Waals surface area contributed by atoms with E-state index in [4.69, 9.17) is 21.7 Å². The molecule has 0 atom stereocenters. The average Bonchev–Trinajstić information content (AvgIpc) is 2.66. The van der Waals surface area contributed by atoms with Crippen molar-refractivity contribution in [3.05, 3.63) is 58.1 Å². The van der Waals surface area contributed by atoms with Crippen LogP contribution in [0.4, 0.5) is 11.4 Å². The number of nitro benzene ring substituents is 1. The number of carbonyl (C=O) groups is 1. The molecule has 0 spiro atoms. The van der Waals surface area contributed by atoms with Crippen LogP contribution >= 0.6 is 12.2 Å². The van der Waals surface area contributed by atoms with Crippen molar-refractivity contribution in [3.8, 4) is 11.5 Å². The summed E-state index contributed by atoms with van der Waals surface area (Å²) < 4.78 is 10.7. The molecule has 0 radical (unpaired) electrons. The summed E-state index contributed by atoms with van der Waals surface area (Å²) in [7, 11) is 1.38. The Hall–Kier alpha value is -3.20. The number of carbonyl (C=O) groups excluding carboxylic acids is 1. The summed E-state index contributed by atoms with van der Waals surface area (Å²) in [5.74, 6) is 0.699. The third-order valence-corrected chi connectivity index (χ3v) is 4.00. The highest BCUT2D eigenvalue weighted by atomic mass is 32.1. The van der Waals surface area contributed by atoms with Crippen molar-refractivity contribution in [1.29, 1.82) is 0 Å². The fourth-order valence-corrected chi connectivity index (χ4v) is 2.67. The van der Waals surface area contributed by atoms with Gasteiger partial charge in [-0.3, -0.25) is 20.2 Å². The highest BCUT2D eigenvalue weighted by Gasteiger charge is 2.14. The molecule has 0 saturated heterocycles. The number of rotatable bonds is 7. The number of hydrogen-bond donors (Lipinski definition) is 2. The van der Waals surface area contributed by atoms with Crippen molar-refractivity contribution >= 4 is 34.6 Å². The lowest BCUT2D eigenvalue weighted by molar-refractivity contribution is -0.384. The Labute approximate surface area is 168 Å². The van der Waals surface area contributed by atoms with Crippen LogP contribution in [0.5, 0.6) is 11.5 Å². The Kier molecular flexibility index (Phi) is 7.28. The van der Waals surface area contributed by atoms with Crippen LogP contribution in [0, 0.1) is 10.1 Å². The number of para-hydroxylation sites is 1. The number of amides is 1. The maximum Gasteiger partial charge on any atom is 0.273 e. The van der Waals surface area contributed by atoms with Gasteiger partial charge in [-0.25, -0.2) is 0 Å². The highest BCUT2D eigenvalue weighted by Crippen LogP contribution is 2.29. The second kappa shape index (κ2) is 9.65. The minimum Gasteiger partial charge on any atom is -0.494 e. The standard InChI is InChI=1S/C19H21N3O5S/c1-12(2)14-6-4-5-7-16(14)27-11-18(23)21-19(28)20-15-9-8-13(22(24)25)10-17(15)26-3/h4-10,12H,11H2,1-3H3,(H2,20,21,23,28). The molecule has 2 rings (SSSR count). The van der Waals surface area contributed by atoms with Crippen LogP contribution in [0.15, 0.2) is 42.5 Å². The van der Waals surface area contributed by atoms with Gasteiger partial charge in [0.25, 0.3) is 11.6 Å². The molecule has 0 fully saturated rings. The minimum atomic E-state index is -0.529. The normalized spacial score (nSPS) is 10.3. The van der Waals surface area contributed by atoms with E-state index in [1.165, 1.54) is 25.3 Å². The van der Waals surface area contributed by atoms with Gasteiger partial charge >= 0.3 is 0 Å². The molecule has 0 aliphatic carbocycles. The van der Waals surface area contributed by atoms with Gasteiger partial charge in [-0.15, -0.1) is 0 Å². The van der Waals surface area contributed by atoms with Crippen LogP contribution in [0.3, 0.4) is 0 Å². The molecule has 2 aromatic rings. The van der Waals surface area contributed by atoms with Crippen molar-refractivity contribution in [2.75, 3.05) is 19.0 Å². The maximum atomic E-state index is 12.1. The van der Waals surface area contributed by atoms with E-state index in [-0.39, 0.29) is 29.1 Å². The molecule has 9 heteroatoms. The second-order valence-electron chi connectivity index (χ2n) is 6.13. The van der Waals surface area contributed by atoms with Crippen molar-refractivity contribution in [2.45, 2.75) is 19.8 Å². The zero-order valence-corrected chi connectivity index (χ0v) is 16.5. The number of nitro groups is 1. The van der Waals surface area contributed by atoms with Crippen LogP contribution in [-0.4, -0.2) is 29.7 Å². The van der Waals surface area contributed by atoms with Gasteiger partial charge in [0.1, 0.15) is 11.5 Å². The molecule has 1 amide bonds. The van der Waals surface area contributed by atoms with Gasteiger partial charge in [-0.1, -0.05) is 32.0 Å². The van der Waals surface area contributed by atoms with Gasteiger partial charge in [0, 0.05) is 6.07 Å². The van der Waals surface area contributed by atoms with Crippen LogP contribution in [0.1, 0.15) is 25.3 Å². The third kappa shape index (κ3) is 5.65. The summed E-state index contributed by atoms with van der Waals surface area (Å²) in [5, 5.41) is 16.1. The lowest BCUT2D eigenvalue weighted by atomic mass is 10.0. The molecule has 0 saturated carbocycles. The number of thiocarbonyl (C=S) groups is 1. The zero-order chi connectivity index (χ0) is 20.7. The molecule has 0 heterocycles. The van der Waals surface area contributed by atoms with Gasteiger partial charge in [0.2, 0.25) is 0 Å². The molecular formula is C19H21N3O5S. The van der Waals surface area contributed by atoms with Gasteiger partial charge in [-0.2, -0.15) is 0 Å². The van der Waals surface area contributed by atoms with E-state index in [0.717, 1.165) is 5.56 Å². The Bertz CT molecular complexity index is 886. The van der Waals surface area contributed by atoms with E-state index in [0.29, 0.717) is 11.4 Å². The Morgan fingerprint density at radius 2 is 1.93 bits per heavy atom. The minimum absolute atomic E-state index is 0.0258.